The molecule has 0 amide bonds. The maximum Gasteiger partial charge on any atom is 0.340 e. The molecule has 244 valence electrons. The van der Waals surface area contributed by atoms with Gasteiger partial charge in [-0.25, -0.2) is 9.18 Å². The van der Waals surface area contributed by atoms with Gasteiger partial charge in [0.25, 0.3) is 0 Å². The quantitative estimate of drug-likeness (QED) is 0.153. The minimum atomic E-state index is -0.977. The predicted octanol–water partition coefficient (Wildman–Crippen LogP) is 8.14. The zero-order valence-electron chi connectivity index (χ0n) is 27.6. The first-order chi connectivity index (χ1) is 21.1. The monoisotopic (exact) mass is 641 g/mol. The fourth-order valence-corrected chi connectivity index (χ4v) is 5.42. The van der Waals surface area contributed by atoms with E-state index in [2.05, 4.69) is 18.7 Å². The molecular weight excluding hydrogens is 597 g/mol. The van der Waals surface area contributed by atoms with Gasteiger partial charge in [0.2, 0.25) is 0 Å². The Kier molecular flexibility index (Phi) is 11.0. The number of para-hydroxylation sites is 1. The summed E-state index contributed by atoms with van der Waals surface area (Å²) in [7, 11) is 0. The summed E-state index contributed by atoms with van der Waals surface area (Å²) in [5.74, 6) is -0.451. The normalized spacial score (nSPS) is 15.6. The highest BCUT2D eigenvalue weighted by Gasteiger charge is 2.37. The van der Waals surface area contributed by atoms with Gasteiger partial charge in [0, 0.05) is 36.1 Å². The van der Waals surface area contributed by atoms with Crippen molar-refractivity contribution in [1.82, 2.24) is 9.97 Å². The number of hydrogen-bond donors (Lipinski definition) is 0. The third-order valence-electron chi connectivity index (χ3n) is 7.55. The molecule has 1 saturated heterocycles. The van der Waals surface area contributed by atoms with E-state index >= 15 is 0 Å². The Morgan fingerprint density at radius 2 is 1.73 bits per heavy atom. The molecule has 0 bridgehead atoms. The lowest BCUT2D eigenvalue weighted by Crippen LogP contribution is -2.39. The van der Waals surface area contributed by atoms with Gasteiger partial charge < -0.3 is 23.8 Å². The number of ether oxygens (including phenoxy) is 4. The molecule has 3 aromatic rings. The fourth-order valence-electron chi connectivity index (χ4n) is 5.21. The van der Waals surface area contributed by atoms with Gasteiger partial charge in [0.05, 0.1) is 34.3 Å². The minimum Gasteiger partial charge on any atom is -0.488 e. The summed E-state index contributed by atoms with van der Waals surface area (Å²) >= 11 is 6.04. The molecule has 4 rings (SSSR count). The number of halogens is 2. The number of carbonyl (C=O) groups excluding carboxylic acids is 1. The van der Waals surface area contributed by atoms with Gasteiger partial charge in [0.1, 0.15) is 19.0 Å². The van der Waals surface area contributed by atoms with E-state index in [4.69, 9.17) is 40.5 Å². The molecule has 1 fully saturated rings. The second-order valence-corrected chi connectivity index (χ2v) is 13.8. The summed E-state index contributed by atoms with van der Waals surface area (Å²) in [6, 6.07) is 8.06. The maximum absolute atomic E-state index is 14.0. The Bertz CT molecular complexity index is 1440. The van der Waals surface area contributed by atoms with Gasteiger partial charge in [-0.15, -0.1) is 0 Å². The van der Waals surface area contributed by atoms with Crippen molar-refractivity contribution in [3.63, 3.8) is 0 Å². The number of esters is 1. The molecule has 1 aliphatic heterocycles. The molecule has 3 heterocycles. The largest absolute Gasteiger partial charge is 0.488 e. The number of nitrogens with zero attached hydrogens (tertiary/aromatic N) is 3. The summed E-state index contributed by atoms with van der Waals surface area (Å²) in [4.78, 5) is 25.4. The summed E-state index contributed by atoms with van der Waals surface area (Å²) in [6.07, 6.45) is 4.15. The summed E-state index contributed by atoms with van der Waals surface area (Å²) in [5.41, 5.74) is 3.33. The molecule has 1 aliphatic rings. The second-order valence-electron chi connectivity index (χ2n) is 13.4. The molecule has 1 atom stereocenters. The van der Waals surface area contributed by atoms with Crippen LogP contribution in [0.2, 0.25) is 5.02 Å². The number of rotatable bonds is 11. The van der Waals surface area contributed by atoms with Crippen LogP contribution in [0, 0.1) is 18.2 Å². The molecule has 0 spiro atoms. The van der Waals surface area contributed by atoms with Crippen molar-refractivity contribution in [3.05, 3.63) is 64.8 Å². The molecule has 2 aromatic heterocycles. The van der Waals surface area contributed by atoms with Gasteiger partial charge in [-0.1, -0.05) is 31.5 Å². The molecule has 0 N–H and O–H groups in total. The van der Waals surface area contributed by atoms with E-state index < -0.39 is 23.5 Å². The second kappa shape index (κ2) is 14.3. The van der Waals surface area contributed by atoms with Crippen LogP contribution in [-0.4, -0.2) is 53.9 Å². The van der Waals surface area contributed by atoms with Crippen LogP contribution in [0.25, 0.3) is 11.3 Å². The first kappa shape index (κ1) is 34.4. The van der Waals surface area contributed by atoms with Crippen LogP contribution in [0.5, 0.6) is 11.5 Å². The first-order valence-corrected chi connectivity index (χ1v) is 15.8. The van der Waals surface area contributed by atoms with Gasteiger partial charge in [-0.3, -0.25) is 9.97 Å². The van der Waals surface area contributed by atoms with E-state index in [1.54, 1.807) is 12.3 Å². The van der Waals surface area contributed by atoms with Crippen LogP contribution in [0.1, 0.15) is 78.7 Å². The number of aryl methyl sites for hydroxylation is 1. The average molecular weight is 642 g/mol. The third-order valence-corrected chi connectivity index (χ3v) is 7.85. The average Bonchev–Trinajstić information content (AvgIpc) is 2.95. The van der Waals surface area contributed by atoms with Crippen LogP contribution in [0.15, 0.2) is 42.7 Å². The lowest BCUT2D eigenvalue weighted by Gasteiger charge is -2.41. The smallest absolute Gasteiger partial charge is 0.340 e. The van der Waals surface area contributed by atoms with Crippen LogP contribution >= 0.6 is 11.6 Å². The predicted molar refractivity (Wildman–Crippen MR) is 175 cm³/mol. The van der Waals surface area contributed by atoms with Crippen molar-refractivity contribution in [1.29, 1.82) is 0 Å². The van der Waals surface area contributed by atoms with Gasteiger partial charge in [-0.2, -0.15) is 0 Å². The molecule has 0 unspecified atom stereocenters. The Balaban J connectivity index is 1.66. The Morgan fingerprint density at radius 3 is 2.33 bits per heavy atom. The van der Waals surface area contributed by atoms with Gasteiger partial charge >= 0.3 is 5.97 Å². The minimum absolute atomic E-state index is 0.00133. The first-order valence-electron chi connectivity index (χ1n) is 15.4. The van der Waals surface area contributed by atoms with Crippen LogP contribution < -0.4 is 14.4 Å². The SMILES string of the molecule is Cc1ncc(-c2ccc(OCCOc3c(F)cccc3Cl)cn2)c(N2CCC(C)(C)CC2)c1[C@H](OC(C)(C)C)C(=O)OC(C)C. The third kappa shape index (κ3) is 9.07. The van der Waals surface area contributed by atoms with E-state index in [0.29, 0.717) is 22.7 Å². The number of piperidine rings is 1. The molecular formula is C35H45ClFN3O5. The molecule has 10 heteroatoms. The van der Waals surface area contributed by atoms with Crippen molar-refractivity contribution in [2.24, 2.45) is 5.41 Å². The van der Waals surface area contributed by atoms with Crippen molar-refractivity contribution >= 4 is 23.3 Å². The maximum atomic E-state index is 14.0. The number of aromatic nitrogens is 2. The van der Waals surface area contributed by atoms with Crippen molar-refractivity contribution in [3.8, 4) is 22.8 Å². The number of pyridine rings is 2. The lowest BCUT2D eigenvalue weighted by atomic mass is 9.82. The Labute approximate surface area is 271 Å². The van der Waals surface area contributed by atoms with Crippen molar-refractivity contribution in [2.45, 2.75) is 86.0 Å². The number of benzene rings is 1. The van der Waals surface area contributed by atoms with Gasteiger partial charge in [0.15, 0.2) is 17.7 Å². The fraction of sp³-hybridized carbons (Fsp3) is 0.514. The topological polar surface area (TPSA) is 83.0 Å². The van der Waals surface area contributed by atoms with E-state index in [1.165, 1.54) is 12.1 Å². The number of hydrogen-bond acceptors (Lipinski definition) is 8. The summed E-state index contributed by atoms with van der Waals surface area (Å²) in [6.45, 7) is 17.8. The Hall–Kier alpha value is -3.43. The highest BCUT2D eigenvalue weighted by Crippen LogP contribution is 2.43. The highest BCUT2D eigenvalue weighted by atomic mass is 35.5. The summed E-state index contributed by atoms with van der Waals surface area (Å²) < 4.78 is 37.4. The molecule has 0 saturated carbocycles. The molecule has 45 heavy (non-hydrogen) atoms. The van der Waals surface area contributed by atoms with E-state index in [1.807, 2.05) is 59.9 Å². The van der Waals surface area contributed by atoms with E-state index in [-0.39, 0.29) is 35.5 Å². The lowest BCUT2D eigenvalue weighted by molar-refractivity contribution is -0.171. The van der Waals surface area contributed by atoms with E-state index in [0.717, 1.165) is 37.2 Å². The highest BCUT2D eigenvalue weighted by molar-refractivity contribution is 6.32. The Morgan fingerprint density at radius 1 is 1.04 bits per heavy atom. The number of carbonyl (C=O) groups is 1. The van der Waals surface area contributed by atoms with E-state index in [9.17, 15) is 9.18 Å². The summed E-state index contributed by atoms with van der Waals surface area (Å²) in [5, 5.41) is 0.202. The molecule has 1 aromatic carbocycles. The molecule has 8 nitrogen and oxygen atoms in total. The molecule has 0 aliphatic carbocycles. The van der Waals surface area contributed by atoms with Gasteiger partial charge in [-0.05, 0) is 84.1 Å². The standard InChI is InChI=1S/C35H45ClFN3O5/c1-22(2)44-33(41)32(45-34(4,5)6)29-23(3)38-21-25(30(29)40-16-14-35(7,8)15-17-40)28-13-12-24(20-39-28)42-18-19-43-31-26(36)10-9-11-27(31)37/h9-13,20-22,32H,14-19H2,1-8H3/t32-/m0/s1. The van der Waals surface area contributed by atoms with Crippen molar-refractivity contribution in [2.75, 3.05) is 31.2 Å². The van der Waals surface area contributed by atoms with Crippen LogP contribution in [0.3, 0.4) is 0 Å². The number of anilines is 1. The zero-order chi connectivity index (χ0) is 32.9. The zero-order valence-corrected chi connectivity index (χ0v) is 28.3. The molecule has 0 radical (unpaired) electrons. The van der Waals surface area contributed by atoms with Crippen molar-refractivity contribution < 1.29 is 28.1 Å². The van der Waals surface area contributed by atoms with Crippen LogP contribution in [0.4, 0.5) is 10.1 Å². The van der Waals surface area contributed by atoms with Crippen LogP contribution in [-0.2, 0) is 14.3 Å².